The minimum absolute atomic E-state index is 0.0727. The zero-order valence-corrected chi connectivity index (χ0v) is 8.66. The second-order valence-electron chi connectivity index (χ2n) is 3.27. The Labute approximate surface area is 87.5 Å². The third-order valence-corrected chi connectivity index (χ3v) is 2.13. The summed E-state index contributed by atoms with van der Waals surface area (Å²) in [6.45, 7) is 2.44. The van der Waals surface area contributed by atoms with Gasteiger partial charge in [-0.15, -0.1) is 0 Å². The molecule has 1 heterocycles. The van der Waals surface area contributed by atoms with E-state index in [0.29, 0.717) is 25.2 Å². The summed E-state index contributed by atoms with van der Waals surface area (Å²) < 4.78 is 0. The van der Waals surface area contributed by atoms with Gasteiger partial charge in [-0.3, -0.25) is 4.79 Å². The average Bonchev–Trinajstić information content (AvgIpc) is 2.24. The molecular formula is C9H16N4O2. The fourth-order valence-electron chi connectivity index (χ4n) is 1.11. The standard InChI is InChI=1S/C9H16N4O2/c1-2-6(14)3-4-11-8-7(10)9(15)13-5-12-8/h5-6,14H,2-4,10H2,1H3,(H2,11,12,13,15). The number of H-pyrrole nitrogens is 1. The predicted octanol–water partition coefficient (Wildman–Crippen LogP) is -0.0750. The molecule has 1 rings (SSSR count). The average molecular weight is 212 g/mol. The van der Waals surface area contributed by atoms with Gasteiger partial charge in [-0.25, -0.2) is 4.98 Å². The third-order valence-electron chi connectivity index (χ3n) is 2.13. The lowest BCUT2D eigenvalue weighted by molar-refractivity contribution is 0.164. The van der Waals surface area contributed by atoms with E-state index in [1.165, 1.54) is 6.33 Å². The van der Waals surface area contributed by atoms with Crippen LogP contribution in [-0.4, -0.2) is 27.7 Å². The van der Waals surface area contributed by atoms with E-state index in [0.717, 1.165) is 0 Å². The number of nitrogens with one attached hydrogen (secondary N) is 2. The van der Waals surface area contributed by atoms with Crippen LogP contribution < -0.4 is 16.6 Å². The van der Waals surface area contributed by atoms with Crippen molar-refractivity contribution in [1.29, 1.82) is 0 Å². The van der Waals surface area contributed by atoms with E-state index in [4.69, 9.17) is 5.73 Å². The van der Waals surface area contributed by atoms with Crippen LogP contribution in [0.2, 0.25) is 0 Å². The van der Waals surface area contributed by atoms with Crippen molar-refractivity contribution in [3.05, 3.63) is 16.7 Å². The number of anilines is 2. The number of aliphatic hydroxyl groups excluding tert-OH is 1. The van der Waals surface area contributed by atoms with Gasteiger partial charge in [0.05, 0.1) is 12.4 Å². The third kappa shape index (κ3) is 3.25. The minimum atomic E-state index is -0.358. The molecule has 0 aliphatic rings. The number of nitrogens with two attached hydrogens (primary N) is 1. The van der Waals surface area contributed by atoms with Crippen LogP contribution in [0.4, 0.5) is 11.5 Å². The summed E-state index contributed by atoms with van der Waals surface area (Å²) in [5.41, 5.74) is 5.22. The van der Waals surface area contributed by atoms with Crippen molar-refractivity contribution in [3.8, 4) is 0 Å². The molecular weight excluding hydrogens is 196 g/mol. The maximum Gasteiger partial charge on any atom is 0.276 e. The molecule has 0 spiro atoms. The fraction of sp³-hybridized carbons (Fsp3) is 0.556. The molecule has 1 atom stereocenters. The van der Waals surface area contributed by atoms with Crippen molar-refractivity contribution in [2.75, 3.05) is 17.6 Å². The van der Waals surface area contributed by atoms with Crippen LogP contribution in [0.1, 0.15) is 19.8 Å². The van der Waals surface area contributed by atoms with Crippen LogP contribution in [0, 0.1) is 0 Å². The summed E-state index contributed by atoms with van der Waals surface area (Å²) in [5.74, 6) is 0.363. The molecule has 6 heteroatoms. The van der Waals surface area contributed by atoms with Crippen molar-refractivity contribution < 1.29 is 5.11 Å². The lowest BCUT2D eigenvalue weighted by Gasteiger charge is -2.09. The van der Waals surface area contributed by atoms with Crippen molar-refractivity contribution in [1.82, 2.24) is 9.97 Å². The maximum atomic E-state index is 11.1. The first kappa shape index (κ1) is 11.5. The molecule has 0 saturated heterocycles. The van der Waals surface area contributed by atoms with E-state index in [9.17, 15) is 9.90 Å². The van der Waals surface area contributed by atoms with Gasteiger partial charge in [-0.05, 0) is 12.8 Å². The normalized spacial score (nSPS) is 12.4. The SMILES string of the molecule is CCC(O)CCNc1nc[nH]c(=O)c1N. The van der Waals surface area contributed by atoms with Gasteiger partial charge in [0.15, 0.2) is 5.82 Å². The number of aromatic nitrogens is 2. The zero-order valence-electron chi connectivity index (χ0n) is 8.66. The van der Waals surface area contributed by atoms with Gasteiger partial charge in [0.2, 0.25) is 0 Å². The van der Waals surface area contributed by atoms with Crippen LogP contribution in [0.5, 0.6) is 0 Å². The molecule has 1 aromatic rings. The van der Waals surface area contributed by atoms with Gasteiger partial charge in [-0.1, -0.05) is 6.92 Å². The number of rotatable bonds is 5. The van der Waals surface area contributed by atoms with E-state index >= 15 is 0 Å². The highest BCUT2D eigenvalue weighted by atomic mass is 16.3. The molecule has 0 saturated carbocycles. The highest BCUT2D eigenvalue weighted by Gasteiger charge is 2.04. The smallest absolute Gasteiger partial charge is 0.276 e. The molecule has 84 valence electrons. The highest BCUT2D eigenvalue weighted by Crippen LogP contribution is 2.07. The molecule has 0 bridgehead atoms. The Morgan fingerprint density at radius 3 is 3.13 bits per heavy atom. The van der Waals surface area contributed by atoms with Gasteiger partial charge >= 0.3 is 0 Å². The molecule has 5 N–H and O–H groups in total. The van der Waals surface area contributed by atoms with E-state index in [2.05, 4.69) is 15.3 Å². The van der Waals surface area contributed by atoms with Gasteiger partial charge in [0.25, 0.3) is 5.56 Å². The van der Waals surface area contributed by atoms with Crippen LogP contribution in [0.25, 0.3) is 0 Å². The first-order valence-electron chi connectivity index (χ1n) is 4.90. The summed E-state index contributed by atoms with van der Waals surface area (Å²) in [7, 11) is 0. The van der Waals surface area contributed by atoms with Gasteiger partial charge in [0.1, 0.15) is 5.69 Å². The molecule has 0 amide bonds. The van der Waals surface area contributed by atoms with Crippen molar-refractivity contribution >= 4 is 11.5 Å². The largest absolute Gasteiger partial charge is 0.393 e. The summed E-state index contributed by atoms with van der Waals surface area (Å²) >= 11 is 0. The van der Waals surface area contributed by atoms with E-state index < -0.39 is 0 Å². The van der Waals surface area contributed by atoms with Crippen molar-refractivity contribution in [2.24, 2.45) is 0 Å². The van der Waals surface area contributed by atoms with Crippen LogP contribution in [0.3, 0.4) is 0 Å². The van der Waals surface area contributed by atoms with E-state index in [1.54, 1.807) is 0 Å². The first-order chi connectivity index (χ1) is 7.15. The van der Waals surface area contributed by atoms with Gasteiger partial charge in [-0.2, -0.15) is 0 Å². The van der Waals surface area contributed by atoms with Crippen LogP contribution in [-0.2, 0) is 0 Å². The Morgan fingerprint density at radius 1 is 1.73 bits per heavy atom. The molecule has 15 heavy (non-hydrogen) atoms. The highest BCUT2D eigenvalue weighted by molar-refractivity contribution is 5.58. The quantitative estimate of drug-likeness (QED) is 0.546. The lowest BCUT2D eigenvalue weighted by Crippen LogP contribution is -2.18. The molecule has 0 aromatic carbocycles. The molecule has 0 fully saturated rings. The molecule has 6 nitrogen and oxygen atoms in total. The second kappa shape index (κ2) is 5.35. The van der Waals surface area contributed by atoms with Crippen molar-refractivity contribution in [2.45, 2.75) is 25.9 Å². The summed E-state index contributed by atoms with van der Waals surface area (Å²) in [6.07, 6.45) is 2.27. The minimum Gasteiger partial charge on any atom is -0.393 e. The number of aromatic amines is 1. The van der Waals surface area contributed by atoms with E-state index in [1.807, 2.05) is 6.92 Å². The number of aliphatic hydroxyl groups is 1. The molecule has 1 unspecified atom stereocenters. The predicted molar refractivity (Wildman–Crippen MR) is 58.7 cm³/mol. The van der Waals surface area contributed by atoms with Crippen molar-refractivity contribution in [3.63, 3.8) is 0 Å². The van der Waals surface area contributed by atoms with Crippen LogP contribution >= 0.6 is 0 Å². The van der Waals surface area contributed by atoms with Gasteiger partial charge < -0.3 is 21.1 Å². The maximum absolute atomic E-state index is 11.1. The first-order valence-corrected chi connectivity index (χ1v) is 4.90. The number of nitrogens with zero attached hydrogens (tertiary/aromatic N) is 1. The summed E-state index contributed by atoms with van der Waals surface area (Å²) in [6, 6.07) is 0. The van der Waals surface area contributed by atoms with E-state index in [-0.39, 0.29) is 17.4 Å². The topological polar surface area (TPSA) is 104 Å². The number of hydrogen-bond donors (Lipinski definition) is 4. The summed E-state index contributed by atoms with van der Waals surface area (Å²) in [5, 5.41) is 12.2. The molecule has 1 aromatic heterocycles. The Kier molecular flexibility index (Phi) is 4.11. The Bertz CT molecular complexity index is 363. The number of hydrogen-bond acceptors (Lipinski definition) is 5. The molecule has 0 aliphatic carbocycles. The Morgan fingerprint density at radius 2 is 2.47 bits per heavy atom. The fourth-order valence-corrected chi connectivity index (χ4v) is 1.11. The van der Waals surface area contributed by atoms with Crippen LogP contribution in [0.15, 0.2) is 11.1 Å². The Hall–Kier alpha value is -1.56. The van der Waals surface area contributed by atoms with Gasteiger partial charge in [0, 0.05) is 6.54 Å². The molecule has 0 radical (unpaired) electrons. The monoisotopic (exact) mass is 212 g/mol. The lowest BCUT2D eigenvalue weighted by atomic mass is 10.2. The zero-order chi connectivity index (χ0) is 11.3. The second-order valence-corrected chi connectivity index (χ2v) is 3.27. The number of nitrogen functional groups attached to an aromatic ring is 1. The molecule has 0 aliphatic heterocycles. The summed E-state index contributed by atoms with van der Waals surface area (Å²) in [4.78, 5) is 17.3. The Balaban J connectivity index is 2.51.